The van der Waals surface area contributed by atoms with Gasteiger partial charge in [0.25, 0.3) is 0 Å². The van der Waals surface area contributed by atoms with Gasteiger partial charge in [-0.2, -0.15) is 0 Å². The van der Waals surface area contributed by atoms with Gasteiger partial charge in [-0.1, -0.05) is 19.4 Å². The molecule has 0 bridgehead atoms. The first-order valence-electron chi connectivity index (χ1n) is 5.16. The van der Waals surface area contributed by atoms with Crippen LogP contribution in [-0.2, 0) is 4.79 Å². The van der Waals surface area contributed by atoms with Gasteiger partial charge < -0.3 is 9.84 Å². The number of carboxylic acids is 1. The molecule has 4 heteroatoms. The summed E-state index contributed by atoms with van der Waals surface area (Å²) in [7, 11) is 1.58. The lowest BCUT2D eigenvalue weighted by Gasteiger charge is -2.13. The van der Waals surface area contributed by atoms with Gasteiger partial charge >= 0.3 is 5.97 Å². The molecular formula is C12H15BrO3. The largest absolute Gasteiger partial charge is 0.496 e. The normalized spacial score (nSPS) is 12.2. The van der Waals surface area contributed by atoms with Crippen molar-refractivity contribution < 1.29 is 14.6 Å². The second-order valence-corrected chi connectivity index (χ2v) is 4.43. The van der Waals surface area contributed by atoms with Gasteiger partial charge in [-0.15, -0.1) is 0 Å². The molecule has 16 heavy (non-hydrogen) atoms. The summed E-state index contributed by atoms with van der Waals surface area (Å²) in [5.74, 6) is -0.504. The third-order valence-corrected chi connectivity index (χ3v) is 3.07. The SMILES string of the molecule is CCCC(C(=O)O)c1ccc(OC)c(Br)c1. The molecule has 1 N–H and O–H groups in total. The van der Waals surface area contributed by atoms with E-state index in [1.54, 1.807) is 19.2 Å². The first-order chi connectivity index (χ1) is 7.60. The first-order valence-corrected chi connectivity index (χ1v) is 5.95. The summed E-state index contributed by atoms with van der Waals surface area (Å²) in [5.41, 5.74) is 0.807. The third-order valence-electron chi connectivity index (χ3n) is 2.45. The number of halogens is 1. The summed E-state index contributed by atoms with van der Waals surface area (Å²) < 4.78 is 5.89. The van der Waals surface area contributed by atoms with Crippen LogP contribution in [0.5, 0.6) is 5.75 Å². The van der Waals surface area contributed by atoms with E-state index in [1.807, 2.05) is 13.0 Å². The summed E-state index contributed by atoms with van der Waals surface area (Å²) in [6.45, 7) is 1.98. The van der Waals surface area contributed by atoms with E-state index in [0.717, 1.165) is 16.5 Å². The van der Waals surface area contributed by atoms with Gasteiger partial charge in [0.2, 0.25) is 0 Å². The Balaban J connectivity index is 3.01. The smallest absolute Gasteiger partial charge is 0.310 e. The van der Waals surface area contributed by atoms with Gasteiger partial charge in [0.05, 0.1) is 17.5 Å². The minimum Gasteiger partial charge on any atom is -0.496 e. The van der Waals surface area contributed by atoms with Crippen molar-refractivity contribution in [1.29, 1.82) is 0 Å². The maximum absolute atomic E-state index is 11.1. The van der Waals surface area contributed by atoms with Crippen molar-refractivity contribution in [3.05, 3.63) is 28.2 Å². The van der Waals surface area contributed by atoms with Crippen molar-refractivity contribution in [3.8, 4) is 5.75 Å². The molecule has 0 saturated heterocycles. The van der Waals surface area contributed by atoms with Crippen LogP contribution in [0.25, 0.3) is 0 Å². The highest BCUT2D eigenvalue weighted by atomic mass is 79.9. The average molecular weight is 287 g/mol. The summed E-state index contributed by atoms with van der Waals surface area (Å²) >= 11 is 3.36. The van der Waals surface area contributed by atoms with Crippen LogP contribution in [-0.4, -0.2) is 18.2 Å². The van der Waals surface area contributed by atoms with E-state index in [9.17, 15) is 4.79 Å². The third kappa shape index (κ3) is 2.98. The van der Waals surface area contributed by atoms with Gasteiger partial charge in [-0.25, -0.2) is 0 Å². The van der Waals surface area contributed by atoms with Crippen molar-refractivity contribution in [2.75, 3.05) is 7.11 Å². The Morgan fingerprint density at radius 3 is 2.69 bits per heavy atom. The fourth-order valence-corrected chi connectivity index (χ4v) is 2.18. The van der Waals surface area contributed by atoms with Gasteiger partial charge in [-0.3, -0.25) is 4.79 Å². The molecule has 0 radical (unpaired) electrons. The lowest BCUT2D eigenvalue weighted by Crippen LogP contribution is -2.11. The maximum atomic E-state index is 11.1. The molecule has 0 aliphatic rings. The molecule has 88 valence electrons. The van der Waals surface area contributed by atoms with E-state index >= 15 is 0 Å². The molecule has 1 atom stereocenters. The predicted octanol–water partition coefficient (Wildman–Crippen LogP) is 3.43. The molecule has 0 saturated carbocycles. The summed E-state index contributed by atoms with van der Waals surface area (Å²) in [4.78, 5) is 11.1. The molecular weight excluding hydrogens is 272 g/mol. The minimum atomic E-state index is -0.779. The molecule has 0 aliphatic carbocycles. The second-order valence-electron chi connectivity index (χ2n) is 3.57. The first kappa shape index (κ1) is 13.0. The number of benzene rings is 1. The van der Waals surface area contributed by atoms with Crippen molar-refractivity contribution in [2.45, 2.75) is 25.7 Å². The molecule has 0 aliphatic heterocycles. The number of carbonyl (C=O) groups is 1. The molecule has 0 amide bonds. The number of hydrogen-bond donors (Lipinski definition) is 1. The Morgan fingerprint density at radius 2 is 2.25 bits per heavy atom. The lowest BCUT2D eigenvalue weighted by atomic mass is 9.95. The molecule has 0 spiro atoms. The van der Waals surface area contributed by atoms with E-state index < -0.39 is 11.9 Å². The zero-order valence-electron chi connectivity index (χ0n) is 9.37. The molecule has 0 heterocycles. The predicted molar refractivity (Wildman–Crippen MR) is 66.0 cm³/mol. The van der Waals surface area contributed by atoms with Crippen molar-refractivity contribution in [1.82, 2.24) is 0 Å². The fraction of sp³-hybridized carbons (Fsp3) is 0.417. The Hall–Kier alpha value is -1.03. The quantitative estimate of drug-likeness (QED) is 0.902. The maximum Gasteiger partial charge on any atom is 0.310 e. The van der Waals surface area contributed by atoms with Crippen LogP contribution in [0.1, 0.15) is 31.2 Å². The number of hydrogen-bond acceptors (Lipinski definition) is 2. The summed E-state index contributed by atoms with van der Waals surface area (Å²) in [6, 6.07) is 5.40. The van der Waals surface area contributed by atoms with E-state index in [-0.39, 0.29) is 0 Å². The molecule has 0 aromatic heterocycles. The zero-order valence-corrected chi connectivity index (χ0v) is 11.0. The van der Waals surface area contributed by atoms with E-state index in [1.165, 1.54) is 0 Å². The molecule has 1 aromatic rings. The zero-order chi connectivity index (χ0) is 12.1. The van der Waals surface area contributed by atoms with E-state index in [4.69, 9.17) is 9.84 Å². The van der Waals surface area contributed by atoms with Gasteiger partial charge in [0.15, 0.2) is 0 Å². The van der Waals surface area contributed by atoms with Crippen LogP contribution < -0.4 is 4.74 Å². The highest BCUT2D eigenvalue weighted by molar-refractivity contribution is 9.10. The highest BCUT2D eigenvalue weighted by Gasteiger charge is 2.19. The summed E-state index contributed by atoms with van der Waals surface area (Å²) in [6.07, 6.45) is 1.49. The topological polar surface area (TPSA) is 46.5 Å². The molecule has 1 rings (SSSR count). The van der Waals surface area contributed by atoms with Crippen molar-refractivity contribution >= 4 is 21.9 Å². The van der Waals surface area contributed by atoms with E-state index in [0.29, 0.717) is 12.2 Å². The number of rotatable bonds is 5. The Kier molecular flexibility index (Phi) is 4.80. The van der Waals surface area contributed by atoms with Crippen LogP contribution >= 0.6 is 15.9 Å². The van der Waals surface area contributed by atoms with Crippen LogP contribution in [0.3, 0.4) is 0 Å². The molecule has 0 fully saturated rings. The van der Waals surface area contributed by atoms with Crippen molar-refractivity contribution in [3.63, 3.8) is 0 Å². The Labute approximate surface area is 104 Å². The van der Waals surface area contributed by atoms with Crippen LogP contribution in [0.15, 0.2) is 22.7 Å². The summed E-state index contributed by atoms with van der Waals surface area (Å²) in [5, 5.41) is 9.13. The van der Waals surface area contributed by atoms with E-state index in [2.05, 4.69) is 15.9 Å². The van der Waals surface area contributed by atoms with Crippen molar-refractivity contribution in [2.24, 2.45) is 0 Å². The van der Waals surface area contributed by atoms with Gasteiger partial charge in [0, 0.05) is 0 Å². The number of methoxy groups -OCH3 is 1. The number of aliphatic carboxylic acids is 1. The average Bonchev–Trinajstić information content (AvgIpc) is 2.25. The minimum absolute atomic E-state index is 0.438. The van der Waals surface area contributed by atoms with Crippen LogP contribution in [0.4, 0.5) is 0 Å². The molecule has 3 nitrogen and oxygen atoms in total. The number of ether oxygens (including phenoxy) is 1. The van der Waals surface area contributed by atoms with Gasteiger partial charge in [-0.05, 0) is 40.0 Å². The standard InChI is InChI=1S/C12H15BrO3/c1-3-4-9(12(14)15)8-5-6-11(16-2)10(13)7-8/h5-7,9H,3-4H2,1-2H3,(H,14,15). The van der Waals surface area contributed by atoms with Crippen LogP contribution in [0.2, 0.25) is 0 Å². The lowest BCUT2D eigenvalue weighted by molar-refractivity contribution is -0.139. The Morgan fingerprint density at radius 1 is 1.56 bits per heavy atom. The Bertz CT molecular complexity index is 377. The van der Waals surface area contributed by atoms with Gasteiger partial charge in [0.1, 0.15) is 5.75 Å². The second kappa shape index (κ2) is 5.89. The fourth-order valence-electron chi connectivity index (χ4n) is 1.62. The molecule has 1 unspecified atom stereocenters. The monoisotopic (exact) mass is 286 g/mol. The van der Waals surface area contributed by atoms with Crippen LogP contribution in [0, 0.1) is 0 Å². The highest BCUT2D eigenvalue weighted by Crippen LogP contribution is 2.30. The molecule has 1 aromatic carbocycles. The number of carboxylic acid groups (broad SMARTS) is 1.